The maximum atomic E-state index is 5.88. The van der Waals surface area contributed by atoms with Gasteiger partial charge < -0.3 is 5.73 Å². The van der Waals surface area contributed by atoms with Crippen LogP contribution in [0, 0.1) is 0 Å². The second-order valence-electron chi connectivity index (χ2n) is 5.14. The van der Waals surface area contributed by atoms with Gasteiger partial charge in [-0.1, -0.05) is 24.5 Å². The van der Waals surface area contributed by atoms with Crippen LogP contribution in [0.4, 0.5) is 0 Å². The molecule has 3 rings (SSSR count). The van der Waals surface area contributed by atoms with Crippen molar-refractivity contribution in [1.29, 1.82) is 0 Å². The zero-order chi connectivity index (χ0) is 11.0. The predicted octanol–water partition coefficient (Wildman–Crippen LogP) is 2.12. The fourth-order valence-corrected chi connectivity index (χ4v) is 2.96. The molecule has 1 aromatic rings. The Morgan fingerprint density at radius 3 is 2.44 bits per heavy atom. The highest BCUT2D eigenvalue weighted by Gasteiger charge is 2.29. The molecule has 0 radical (unpaired) electrons. The standard InChI is InChI=1S/C12H20N4/c13-8-11-12(9-4-3-5-9)14-15-16(11)10-6-1-2-7-10/h9-10H,1-8,13H2. The van der Waals surface area contributed by atoms with E-state index in [0.717, 1.165) is 0 Å². The number of nitrogens with two attached hydrogens (primary N) is 1. The molecule has 88 valence electrons. The van der Waals surface area contributed by atoms with Crippen LogP contribution >= 0.6 is 0 Å². The Labute approximate surface area is 96.2 Å². The van der Waals surface area contributed by atoms with Gasteiger partial charge >= 0.3 is 0 Å². The molecular formula is C12H20N4. The first-order valence-corrected chi connectivity index (χ1v) is 6.54. The van der Waals surface area contributed by atoms with E-state index in [4.69, 9.17) is 5.73 Å². The molecule has 0 aliphatic heterocycles. The highest BCUT2D eigenvalue weighted by Crippen LogP contribution is 2.38. The van der Waals surface area contributed by atoms with Crippen LogP contribution in [0.25, 0.3) is 0 Å². The van der Waals surface area contributed by atoms with Crippen LogP contribution in [0.5, 0.6) is 0 Å². The van der Waals surface area contributed by atoms with Gasteiger partial charge in [0.2, 0.25) is 0 Å². The first-order chi connectivity index (χ1) is 7.90. The second kappa shape index (κ2) is 4.17. The van der Waals surface area contributed by atoms with Gasteiger partial charge in [0, 0.05) is 12.5 Å². The highest BCUT2D eigenvalue weighted by atomic mass is 15.4. The van der Waals surface area contributed by atoms with Crippen LogP contribution in [0.15, 0.2) is 0 Å². The predicted molar refractivity (Wildman–Crippen MR) is 62.0 cm³/mol. The third-order valence-electron chi connectivity index (χ3n) is 4.18. The van der Waals surface area contributed by atoms with Gasteiger partial charge in [0.1, 0.15) is 0 Å². The van der Waals surface area contributed by atoms with E-state index in [-0.39, 0.29) is 0 Å². The van der Waals surface area contributed by atoms with E-state index in [9.17, 15) is 0 Å². The van der Waals surface area contributed by atoms with Gasteiger partial charge in [-0.25, -0.2) is 4.68 Å². The molecule has 1 aromatic heterocycles. The van der Waals surface area contributed by atoms with Crippen molar-refractivity contribution in [1.82, 2.24) is 15.0 Å². The summed E-state index contributed by atoms with van der Waals surface area (Å²) in [6, 6.07) is 0.569. The first-order valence-electron chi connectivity index (χ1n) is 6.54. The molecule has 1 heterocycles. The summed E-state index contributed by atoms with van der Waals surface area (Å²) in [7, 11) is 0. The summed E-state index contributed by atoms with van der Waals surface area (Å²) in [6.07, 6.45) is 9.04. The molecule has 0 bridgehead atoms. The Balaban J connectivity index is 1.89. The summed E-state index contributed by atoms with van der Waals surface area (Å²) in [6.45, 7) is 0.593. The van der Waals surface area contributed by atoms with E-state index in [2.05, 4.69) is 15.0 Å². The molecule has 0 spiro atoms. The zero-order valence-electron chi connectivity index (χ0n) is 9.73. The number of nitrogens with zero attached hydrogens (tertiary/aromatic N) is 3. The minimum atomic E-state index is 0.569. The Hall–Kier alpha value is -0.900. The lowest BCUT2D eigenvalue weighted by molar-refractivity contribution is 0.407. The van der Waals surface area contributed by atoms with E-state index < -0.39 is 0 Å². The first kappa shape index (κ1) is 10.3. The average Bonchev–Trinajstić information content (AvgIpc) is 2.81. The minimum absolute atomic E-state index is 0.569. The number of aromatic nitrogens is 3. The maximum Gasteiger partial charge on any atom is 0.0903 e. The van der Waals surface area contributed by atoms with Crippen LogP contribution in [-0.2, 0) is 6.54 Å². The lowest BCUT2D eigenvalue weighted by atomic mass is 9.82. The third kappa shape index (κ3) is 1.56. The van der Waals surface area contributed by atoms with Crippen molar-refractivity contribution < 1.29 is 0 Å². The van der Waals surface area contributed by atoms with Crippen LogP contribution in [0.2, 0.25) is 0 Å². The van der Waals surface area contributed by atoms with Crippen LogP contribution in [0.1, 0.15) is 68.3 Å². The summed E-state index contributed by atoms with van der Waals surface area (Å²) in [4.78, 5) is 0. The third-order valence-corrected chi connectivity index (χ3v) is 4.18. The SMILES string of the molecule is NCc1c(C2CCC2)nnn1C1CCCC1. The molecule has 2 N–H and O–H groups in total. The summed E-state index contributed by atoms with van der Waals surface area (Å²) in [5.41, 5.74) is 8.28. The van der Waals surface area contributed by atoms with E-state index >= 15 is 0 Å². The van der Waals surface area contributed by atoms with Gasteiger partial charge in [0.05, 0.1) is 17.4 Å². The van der Waals surface area contributed by atoms with Crippen molar-refractivity contribution in [2.75, 3.05) is 0 Å². The molecule has 0 unspecified atom stereocenters. The van der Waals surface area contributed by atoms with Crippen molar-refractivity contribution in [3.63, 3.8) is 0 Å². The van der Waals surface area contributed by atoms with Gasteiger partial charge in [-0.3, -0.25) is 0 Å². The van der Waals surface area contributed by atoms with Gasteiger partial charge in [0.25, 0.3) is 0 Å². The molecule has 0 atom stereocenters. The van der Waals surface area contributed by atoms with Crippen molar-refractivity contribution in [3.05, 3.63) is 11.4 Å². The van der Waals surface area contributed by atoms with E-state index in [0.29, 0.717) is 18.5 Å². The molecule has 2 saturated carbocycles. The van der Waals surface area contributed by atoms with Gasteiger partial charge in [-0.15, -0.1) is 5.10 Å². The molecule has 4 nitrogen and oxygen atoms in total. The Morgan fingerprint density at radius 1 is 1.12 bits per heavy atom. The summed E-state index contributed by atoms with van der Waals surface area (Å²) in [5.74, 6) is 0.647. The Bertz CT molecular complexity index is 361. The lowest BCUT2D eigenvalue weighted by Gasteiger charge is -2.24. The molecule has 16 heavy (non-hydrogen) atoms. The van der Waals surface area contributed by atoms with E-state index in [1.54, 1.807) is 0 Å². The fourth-order valence-electron chi connectivity index (χ4n) is 2.96. The van der Waals surface area contributed by atoms with Crippen molar-refractivity contribution in [2.45, 2.75) is 63.5 Å². The van der Waals surface area contributed by atoms with Gasteiger partial charge in [0.15, 0.2) is 0 Å². The monoisotopic (exact) mass is 220 g/mol. The van der Waals surface area contributed by atoms with E-state index in [1.165, 1.54) is 56.3 Å². The van der Waals surface area contributed by atoms with Crippen molar-refractivity contribution in [3.8, 4) is 0 Å². The molecule has 0 amide bonds. The highest BCUT2D eigenvalue weighted by molar-refractivity contribution is 5.18. The van der Waals surface area contributed by atoms with Crippen LogP contribution in [-0.4, -0.2) is 15.0 Å². The number of hydrogen-bond donors (Lipinski definition) is 1. The molecule has 2 aliphatic rings. The van der Waals surface area contributed by atoms with Crippen molar-refractivity contribution >= 4 is 0 Å². The van der Waals surface area contributed by atoms with Crippen molar-refractivity contribution in [2.24, 2.45) is 5.73 Å². The van der Waals surface area contributed by atoms with Crippen LogP contribution in [0.3, 0.4) is 0 Å². The molecular weight excluding hydrogens is 200 g/mol. The number of hydrogen-bond acceptors (Lipinski definition) is 3. The number of rotatable bonds is 3. The lowest BCUT2D eigenvalue weighted by Crippen LogP contribution is -2.17. The quantitative estimate of drug-likeness (QED) is 0.848. The molecule has 0 aromatic carbocycles. The molecule has 2 aliphatic carbocycles. The van der Waals surface area contributed by atoms with Gasteiger partial charge in [-0.2, -0.15) is 0 Å². The van der Waals surface area contributed by atoms with Gasteiger partial charge in [-0.05, 0) is 25.7 Å². The smallest absolute Gasteiger partial charge is 0.0903 e. The summed E-state index contributed by atoms with van der Waals surface area (Å²) in [5, 5.41) is 8.75. The summed E-state index contributed by atoms with van der Waals surface area (Å²) >= 11 is 0. The van der Waals surface area contributed by atoms with E-state index in [1.807, 2.05) is 0 Å². The maximum absolute atomic E-state index is 5.88. The second-order valence-corrected chi connectivity index (χ2v) is 5.14. The molecule has 2 fully saturated rings. The van der Waals surface area contributed by atoms with Crippen LogP contribution < -0.4 is 5.73 Å². The molecule has 0 saturated heterocycles. The molecule has 4 heteroatoms. The fraction of sp³-hybridized carbons (Fsp3) is 0.833. The Morgan fingerprint density at radius 2 is 1.88 bits per heavy atom. The largest absolute Gasteiger partial charge is 0.325 e. The topological polar surface area (TPSA) is 56.7 Å². The summed E-state index contributed by atoms with van der Waals surface area (Å²) < 4.78 is 2.13. The zero-order valence-corrected chi connectivity index (χ0v) is 9.73. The minimum Gasteiger partial charge on any atom is -0.325 e. The average molecular weight is 220 g/mol. The Kier molecular flexibility index (Phi) is 2.67. The normalized spacial score (nSPS) is 22.6.